The molecule has 0 radical (unpaired) electrons. The average molecular weight is 340 g/mol. The lowest BCUT2D eigenvalue weighted by atomic mass is 10.1. The Bertz CT molecular complexity index is 901. The minimum absolute atomic E-state index is 0.0818. The van der Waals surface area contributed by atoms with Gasteiger partial charge in [0.15, 0.2) is 0 Å². The zero-order valence-corrected chi connectivity index (χ0v) is 14.2. The molecular weight excluding hydrogens is 324 g/mol. The molecule has 0 spiro atoms. The number of carbonyl (C=O) groups is 1. The van der Waals surface area contributed by atoms with Crippen LogP contribution in [0, 0.1) is 6.92 Å². The van der Waals surface area contributed by atoms with Crippen molar-refractivity contribution in [2.45, 2.75) is 6.92 Å². The van der Waals surface area contributed by atoms with Crippen LogP contribution in [0.1, 0.15) is 16.1 Å². The number of aryl methyl sites for hydroxylation is 2. The van der Waals surface area contributed by atoms with E-state index in [-0.39, 0.29) is 5.91 Å². The fourth-order valence-electron chi connectivity index (χ4n) is 2.79. The Hall–Kier alpha value is -2.67. The van der Waals surface area contributed by atoms with Crippen molar-refractivity contribution < 1.29 is 9.53 Å². The fraction of sp³-hybridized carbons (Fsp3) is 0.235. The van der Waals surface area contributed by atoms with Gasteiger partial charge in [0, 0.05) is 18.9 Å². The second-order valence-corrected chi connectivity index (χ2v) is 6.57. The number of ether oxygens (including phenoxy) is 1. The average Bonchev–Trinajstić information content (AvgIpc) is 3.22. The molecule has 4 heterocycles. The Morgan fingerprint density at radius 2 is 2.21 bits per heavy atom. The molecule has 0 saturated carbocycles. The first kappa shape index (κ1) is 14.9. The van der Waals surface area contributed by atoms with Crippen LogP contribution in [0.5, 0.6) is 5.88 Å². The molecule has 24 heavy (non-hydrogen) atoms. The summed E-state index contributed by atoms with van der Waals surface area (Å²) in [6.45, 7) is 2.83. The lowest BCUT2D eigenvalue weighted by molar-refractivity contribution is 0.0976. The standard InChI is InChI=1S/C17H16N4O2S/c1-11-5-6-13-16(18-11)23-8-7-21(13)17(22)12-10-20(2)19-15(12)14-4-3-9-24-14/h3-6,9-10H,7-8H2,1-2H3. The van der Waals surface area contributed by atoms with Crippen molar-refractivity contribution in [2.24, 2.45) is 7.05 Å². The predicted octanol–water partition coefficient (Wildman–Crippen LogP) is 2.89. The number of hydrogen-bond acceptors (Lipinski definition) is 5. The van der Waals surface area contributed by atoms with E-state index in [1.165, 1.54) is 0 Å². The molecule has 6 nitrogen and oxygen atoms in total. The van der Waals surface area contributed by atoms with Gasteiger partial charge in [0.25, 0.3) is 5.91 Å². The Labute approximate surface area is 143 Å². The van der Waals surface area contributed by atoms with Gasteiger partial charge < -0.3 is 4.74 Å². The molecule has 4 rings (SSSR count). The van der Waals surface area contributed by atoms with E-state index in [2.05, 4.69) is 10.1 Å². The lowest BCUT2D eigenvalue weighted by Crippen LogP contribution is -2.38. The van der Waals surface area contributed by atoms with E-state index in [4.69, 9.17) is 4.74 Å². The summed E-state index contributed by atoms with van der Waals surface area (Å²) in [6.07, 6.45) is 1.77. The molecule has 0 aromatic carbocycles. The van der Waals surface area contributed by atoms with Crippen LogP contribution in [0.3, 0.4) is 0 Å². The van der Waals surface area contributed by atoms with Crippen LogP contribution in [0.25, 0.3) is 10.6 Å². The molecule has 0 unspecified atom stereocenters. The molecule has 7 heteroatoms. The van der Waals surface area contributed by atoms with Crippen molar-refractivity contribution in [1.29, 1.82) is 0 Å². The minimum Gasteiger partial charge on any atom is -0.474 e. The first-order chi connectivity index (χ1) is 11.6. The third kappa shape index (κ3) is 2.46. The highest BCUT2D eigenvalue weighted by atomic mass is 32.1. The van der Waals surface area contributed by atoms with Gasteiger partial charge >= 0.3 is 0 Å². The summed E-state index contributed by atoms with van der Waals surface area (Å²) in [7, 11) is 1.83. The zero-order valence-electron chi connectivity index (χ0n) is 13.4. The quantitative estimate of drug-likeness (QED) is 0.720. The smallest absolute Gasteiger partial charge is 0.262 e. The highest BCUT2D eigenvalue weighted by molar-refractivity contribution is 7.13. The number of hydrogen-bond donors (Lipinski definition) is 0. The fourth-order valence-corrected chi connectivity index (χ4v) is 3.51. The summed E-state index contributed by atoms with van der Waals surface area (Å²) in [5, 5.41) is 6.45. The number of pyridine rings is 1. The summed E-state index contributed by atoms with van der Waals surface area (Å²) < 4.78 is 7.28. The van der Waals surface area contributed by atoms with Crippen molar-refractivity contribution in [2.75, 3.05) is 18.1 Å². The molecule has 1 aliphatic heterocycles. The summed E-state index contributed by atoms with van der Waals surface area (Å²) in [5.74, 6) is 0.429. The second kappa shape index (κ2) is 5.76. The Morgan fingerprint density at radius 1 is 1.33 bits per heavy atom. The molecule has 0 fully saturated rings. The van der Waals surface area contributed by atoms with Crippen molar-refractivity contribution in [3.63, 3.8) is 0 Å². The number of amides is 1. The van der Waals surface area contributed by atoms with Crippen LogP contribution in [0.4, 0.5) is 5.69 Å². The van der Waals surface area contributed by atoms with Crippen LogP contribution in [-0.2, 0) is 7.05 Å². The molecule has 122 valence electrons. The second-order valence-electron chi connectivity index (χ2n) is 5.62. The van der Waals surface area contributed by atoms with Crippen LogP contribution in [-0.4, -0.2) is 33.8 Å². The molecule has 0 N–H and O–H groups in total. The number of nitrogens with zero attached hydrogens (tertiary/aromatic N) is 4. The van der Waals surface area contributed by atoms with E-state index >= 15 is 0 Å². The summed E-state index contributed by atoms with van der Waals surface area (Å²) in [4.78, 5) is 20.3. The molecule has 1 aliphatic rings. The predicted molar refractivity (Wildman–Crippen MR) is 92.7 cm³/mol. The van der Waals surface area contributed by atoms with Gasteiger partial charge in [-0.15, -0.1) is 11.3 Å². The summed E-state index contributed by atoms with van der Waals surface area (Å²) >= 11 is 1.57. The summed E-state index contributed by atoms with van der Waals surface area (Å²) in [6, 6.07) is 7.70. The first-order valence-corrected chi connectivity index (χ1v) is 8.51. The largest absolute Gasteiger partial charge is 0.474 e. The van der Waals surface area contributed by atoms with Gasteiger partial charge in [0.2, 0.25) is 5.88 Å². The minimum atomic E-state index is -0.0818. The molecule has 0 aliphatic carbocycles. The van der Waals surface area contributed by atoms with Crippen LogP contribution in [0.15, 0.2) is 35.8 Å². The molecule has 0 bridgehead atoms. The molecule has 0 saturated heterocycles. The van der Waals surface area contributed by atoms with Gasteiger partial charge in [0.05, 0.1) is 17.0 Å². The van der Waals surface area contributed by atoms with Crippen LogP contribution < -0.4 is 9.64 Å². The maximum atomic E-state index is 13.2. The molecule has 1 amide bonds. The van der Waals surface area contributed by atoms with Crippen molar-refractivity contribution in [3.05, 3.63) is 47.1 Å². The topological polar surface area (TPSA) is 60.2 Å². The monoisotopic (exact) mass is 340 g/mol. The summed E-state index contributed by atoms with van der Waals surface area (Å²) in [5.41, 5.74) is 2.88. The van der Waals surface area contributed by atoms with Crippen LogP contribution >= 0.6 is 11.3 Å². The van der Waals surface area contributed by atoms with Crippen molar-refractivity contribution >= 4 is 22.9 Å². The Kier molecular flexibility index (Phi) is 3.57. The molecule has 3 aromatic heterocycles. The van der Waals surface area contributed by atoms with Crippen molar-refractivity contribution in [1.82, 2.24) is 14.8 Å². The van der Waals surface area contributed by atoms with E-state index in [9.17, 15) is 4.79 Å². The maximum absolute atomic E-state index is 13.2. The zero-order chi connectivity index (χ0) is 16.7. The number of aromatic nitrogens is 3. The van der Waals surface area contributed by atoms with Crippen LogP contribution in [0.2, 0.25) is 0 Å². The Balaban J connectivity index is 1.76. The number of anilines is 1. The maximum Gasteiger partial charge on any atom is 0.262 e. The van der Waals surface area contributed by atoms with Gasteiger partial charge in [-0.05, 0) is 30.5 Å². The number of carbonyl (C=O) groups excluding carboxylic acids is 1. The number of rotatable bonds is 2. The third-order valence-corrected chi connectivity index (χ3v) is 4.76. The first-order valence-electron chi connectivity index (χ1n) is 7.63. The van der Waals surface area contributed by atoms with Gasteiger partial charge in [-0.25, -0.2) is 4.98 Å². The van der Waals surface area contributed by atoms with Gasteiger partial charge in [-0.1, -0.05) is 6.07 Å². The van der Waals surface area contributed by atoms with Crippen molar-refractivity contribution in [3.8, 4) is 16.5 Å². The highest BCUT2D eigenvalue weighted by Gasteiger charge is 2.29. The van der Waals surface area contributed by atoms with Gasteiger partial charge in [-0.2, -0.15) is 5.10 Å². The Morgan fingerprint density at radius 3 is 3.00 bits per heavy atom. The molecule has 0 atom stereocenters. The molecule has 3 aromatic rings. The van der Waals surface area contributed by atoms with E-state index < -0.39 is 0 Å². The van der Waals surface area contributed by atoms with E-state index in [1.807, 2.05) is 43.6 Å². The number of thiophene rings is 1. The van der Waals surface area contributed by atoms with E-state index in [1.54, 1.807) is 27.1 Å². The van der Waals surface area contributed by atoms with E-state index in [0.717, 1.165) is 10.6 Å². The highest BCUT2D eigenvalue weighted by Crippen LogP contribution is 2.33. The lowest BCUT2D eigenvalue weighted by Gasteiger charge is -2.28. The number of fused-ring (bicyclic) bond motifs is 1. The molecular formula is C17H16N4O2S. The SMILES string of the molecule is Cc1ccc2c(n1)OCCN2C(=O)c1cn(C)nc1-c1cccs1. The van der Waals surface area contributed by atoms with Gasteiger partial charge in [0.1, 0.15) is 18.0 Å². The third-order valence-electron chi connectivity index (χ3n) is 3.88. The normalized spacial score (nSPS) is 13.5. The van der Waals surface area contributed by atoms with E-state index in [0.29, 0.717) is 36.0 Å². The van der Waals surface area contributed by atoms with Gasteiger partial charge in [-0.3, -0.25) is 14.4 Å².